The fraction of sp³-hybridized carbons (Fsp3) is 0.391. The lowest BCUT2D eigenvalue weighted by atomic mass is 9.88. The fourth-order valence-electron chi connectivity index (χ4n) is 3.92. The molecule has 2 unspecified atom stereocenters. The van der Waals surface area contributed by atoms with Crippen LogP contribution < -0.4 is 10.1 Å². The normalized spacial score (nSPS) is 17.0. The van der Waals surface area contributed by atoms with Gasteiger partial charge in [-0.3, -0.25) is 0 Å². The molecule has 0 saturated carbocycles. The standard InChI is InChI=1S/C23H28N2O2.ClH/c1-2-18-13-21-22(25-18)8-5-9-23(21)27-15-20(26)14-24-19-11-10-16-6-3-4-7-17(16)12-19;/h3-9,13,19-20,24-26H,2,10-12,14-15H2,1H3;1H. The number of fused-ring (bicyclic) bond motifs is 2. The molecule has 3 N–H and O–H groups in total. The molecule has 1 aromatic heterocycles. The molecule has 1 heterocycles. The summed E-state index contributed by atoms with van der Waals surface area (Å²) in [4.78, 5) is 3.39. The predicted molar refractivity (Wildman–Crippen MR) is 117 cm³/mol. The first kappa shape index (κ1) is 20.7. The van der Waals surface area contributed by atoms with Gasteiger partial charge >= 0.3 is 0 Å². The highest BCUT2D eigenvalue weighted by Crippen LogP contribution is 2.26. The van der Waals surface area contributed by atoms with Gasteiger partial charge < -0.3 is 20.1 Å². The van der Waals surface area contributed by atoms with Crippen molar-refractivity contribution >= 4 is 23.3 Å². The van der Waals surface area contributed by atoms with Gasteiger partial charge in [-0.1, -0.05) is 37.3 Å². The molecule has 1 aliphatic rings. The Bertz CT molecular complexity index is 909. The highest BCUT2D eigenvalue weighted by Gasteiger charge is 2.19. The lowest BCUT2D eigenvalue weighted by Crippen LogP contribution is -2.40. The van der Waals surface area contributed by atoms with E-state index in [9.17, 15) is 5.11 Å². The minimum atomic E-state index is -0.526. The van der Waals surface area contributed by atoms with Crippen molar-refractivity contribution in [1.82, 2.24) is 10.3 Å². The number of ether oxygens (including phenoxy) is 1. The molecule has 0 radical (unpaired) electrons. The largest absolute Gasteiger partial charge is 0.490 e. The molecule has 150 valence electrons. The zero-order chi connectivity index (χ0) is 18.6. The summed E-state index contributed by atoms with van der Waals surface area (Å²) in [5.74, 6) is 0.828. The van der Waals surface area contributed by atoms with Crippen LogP contribution in [0.1, 0.15) is 30.2 Å². The Morgan fingerprint density at radius 2 is 2.00 bits per heavy atom. The van der Waals surface area contributed by atoms with E-state index >= 15 is 0 Å². The number of rotatable bonds is 7. The van der Waals surface area contributed by atoms with Gasteiger partial charge in [0.15, 0.2) is 0 Å². The lowest BCUT2D eigenvalue weighted by molar-refractivity contribution is 0.104. The van der Waals surface area contributed by atoms with E-state index in [2.05, 4.69) is 53.6 Å². The zero-order valence-corrected chi connectivity index (χ0v) is 17.1. The molecule has 0 bridgehead atoms. The van der Waals surface area contributed by atoms with Gasteiger partial charge in [-0.2, -0.15) is 0 Å². The number of aromatic nitrogens is 1. The highest BCUT2D eigenvalue weighted by molar-refractivity contribution is 5.86. The van der Waals surface area contributed by atoms with E-state index < -0.39 is 6.10 Å². The second-order valence-corrected chi connectivity index (χ2v) is 7.45. The second kappa shape index (κ2) is 9.46. The smallest absolute Gasteiger partial charge is 0.128 e. The van der Waals surface area contributed by atoms with Gasteiger partial charge in [0.25, 0.3) is 0 Å². The van der Waals surface area contributed by atoms with Gasteiger partial charge in [0.05, 0.1) is 0 Å². The molecule has 28 heavy (non-hydrogen) atoms. The summed E-state index contributed by atoms with van der Waals surface area (Å²) in [5, 5.41) is 15.0. The first-order valence-corrected chi connectivity index (χ1v) is 9.94. The average Bonchev–Trinajstić information content (AvgIpc) is 3.14. The van der Waals surface area contributed by atoms with Crippen LogP contribution in [0.5, 0.6) is 5.75 Å². The molecular weight excluding hydrogens is 372 g/mol. The minimum Gasteiger partial charge on any atom is -0.490 e. The Kier molecular flexibility index (Phi) is 7.00. The monoisotopic (exact) mass is 400 g/mol. The third kappa shape index (κ3) is 4.69. The Morgan fingerprint density at radius 3 is 2.82 bits per heavy atom. The number of nitrogens with one attached hydrogen (secondary N) is 2. The Hall–Kier alpha value is -2.01. The number of hydrogen-bond donors (Lipinski definition) is 3. The van der Waals surface area contributed by atoms with Gasteiger partial charge in [0, 0.05) is 29.2 Å². The summed E-state index contributed by atoms with van der Waals surface area (Å²) >= 11 is 0. The van der Waals surface area contributed by atoms with Crippen molar-refractivity contribution < 1.29 is 9.84 Å². The minimum absolute atomic E-state index is 0. The van der Waals surface area contributed by atoms with Crippen LogP contribution in [-0.4, -0.2) is 35.4 Å². The maximum absolute atomic E-state index is 10.4. The van der Waals surface area contributed by atoms with Crippen LogP contribution in [0.25, 0.3) is 10.9 Å². The molecule has 2 atom stereocenters. The first-order chi connectivity index (χ1) is 13.2. The molecule has 4 rings (SSSR count). The maximum atomic E-state index is 10.4. The van der Waals surface area contributed by atoms with E-state index in [-0.39, 0.29) is 12.4 Å². The molecule has 0 amide bonds. The molecule has 4 nitrogen and oxygen atoms in total. The molecule has 0 saturated heterocycles. The van der Waals surface area contributed by atoms with Gasteiger partial charge in [-0.05, 0) is 55.0 Å². The number of aliphatic hydroxyl groups excluding tert-OH is 1. The quantitative estimate of drug-likeness (QED) is 0.561. The van der Waals surface area contributed by atoms with Crippen molar-refractivity contribution in [2.24, 2.45) is 0 Å². The lowest BCUT2D eigenvalue weighted by Gasteiger charge is -2.26. The number of benzene rings is 2. The predicted octanol–water partition coefficient (Wildman–Crippen LogP) is 4.04. The van der Waals surface area contributed by atoms with E-state index in [0.29, 0.717) is 19.2 Å². The SMILES string of the molecule is CCc1cc2c(OCC(O)CNC3CCc4ccccc4C3)cccc2[nH]1.Cl. The summed E-state index contributed by atoms with van der Waals surface area (Å²) in [6.07, 6.45) is 3.70. The van der Waals surface area contributed by atoms with E-state index in [1.165, 1.54) is 16.8 Å². The maximum Gasteiger partial charge on any atom is 0.128 e. The molecule has 2 aromatic carbocycles. The third-order valence-corrected chi connectivity index (χ3v) is 5.48. The van der Waals surface area contributed by atoms with Crippen molar-refractivity contribution in [3.8, 4) is 5.75 Å². The molecule has 0 spiro atoms. The number of hydrogen-bond acceptors (Lipinski definition) is 3. The van der Waals surface area contributed by atoms with Crippen LogP contribution in [0.2, 0.25) is 0 Å². The number of H-pyrrole nitrogens is 1. The zero-order valence-electron chi connectivity index (χ0n) is 16.3. The van der Waals surface area contributed by atoms with Crippen LogP contribution in [0.4, 0.5) is 0 Å². The summed E-state index contributed by atoms with van der Waals surface area (Å²) in [6, 6.07) is 17.2. The molecule has 0 aliphatic heterocycles. The Labute approximate surface area is 172 Å². The summed E-state index contributed by atoms with van der Waals surface area (Å²) in [6.45, 7) is 2.97. The van der Waals surface area contributed by atoms with Crippen LogP contribution in [0, 0.1) is 0 Å². The van der Waals surface area contributed by atoms with Crippen molar-refractivity contribution in [3.63, 3.8) is 0 Å². The highest BCUT2D eigenvalue weighted by atomic mass is 35.5. The van der Waals surface area contributed by atoms with E-state index in [1.807, 2.05) is 12.1 Å². The topological polar surface area (TPSA) is 57.3 Å². The van der Waals surface area contributed by atoms with Crippen molar-refractivity contribution in [2.45, 2.75) is 44.8 Å². The van der Waals surface area contributed by atoms with Crippen molar-refractivity contribution in [2.75, 3.05) is 13.2 Å². The fourth-order valence-corrected chi connectivity index (χ4v) is 3.92. The first-order valence-electron chi connectivity index (χ1n) is 9.94. The van der Waals surface area contributed by atoms with Gasteiger partial charge in [-0.15, -0.1) is 12.4 Å². The number of aromatic amines is 1. The Morgan fingerprint density at radius 1 is 1.18 bits per heavy atom. The van der Waals surface area contributed by atoms with Gasteiger partial charge in [0.1, 0.15) is 18.5 Å². The molecule has 5 heteroatoms. The van der Waals surface area contributed by atoms with E-state index in [1.54, 1.807) is 0 Å². The summed E-state index contributed by atoms with van der Waals surface area (Å²) in [5.41, 5.74) is 5.17. The molecule has 1 aliphatic carbocycles. The summed E-state index contributed by atoms with van der Waals surface area (Å²) in [7, 11) is 0. The van der Waals surface area contributed by atoms with E-state index in [4.69, 9.17) is 4.74 Å². The number of aliphatic hydroxyl groups is 1. The van der Waals surface area contributed by atoms with Crippen LogP contribution >= 0.6 is 12.4 Å². The number of aryl methyl sites for hydroxylation is 2. The van der Waals surface area contributed by atoms with Gasteiger partial charge in [-0.25, -0.2) is 0 Å². The van der Waals surface area contributed by atoms with Crippen molar-refractivity contribution in [1.29, 1.82) is 0 Å². The number of halogens is 1. The third-order valence-electron chi connectivity index (χ3n) is 5.48. The van der Waals surface area contributed by atoms with Crippen LogP contribution in [0.3, 0.4) is 0 Å². The van der Waals surface area contributed by atoms with Crippen LogP contribution in [0.15, 0.2) is 48.5 Å². The van der Waals surface area contributed by atoms with Crippen LogP contribution in [-0.2, 0) is 19.3 Å². The Balaban J connectivity index is 0.00000225. The summed E-state index contributed by atoms with van der Waals surface area (Å²) < 4.78 is 5.93. The second-order valence-electron chi connectivity index (χ2n) is 7.45. The van der Waals surface area contributed by atoms with E-state index in [0.717, 1.165) is 42.3 Å². The van der Waals surface area contributed by atoms with Gasteiger partial charge in [0.2, 0.25) is 0 Å². The molecule has 0 fully saturated rings. The molecule has 3 aromatic rings. The average molecular weight is 401 g/mol. The van der Waals surface area contributed by atoms with Crippen molar-refractivity contribution in [3.05, 3.63) is 65.4 Å². The molecular formula is C23H29ClN2O2.